The summed E-state index contributed by atoms with van der Waals surface area (Å²) in [6.45, 7) is 3.55. The van der Waals surface area contributed by atoms with Crippen molar-refractivity contribution < 1.29 is 14.4 Å². The van der Waals surface area contributed by atoms with E-state index in [9.17, 15) is 14.4 Å². The van der Waals surface area contributed by atoms with E-state index in [4.69, 9.17) is 0 Å². The summed E-state index contributed by atoms with van der Waals surface area (Å²) in [5, 5.41) is 2.38. The lowest BCUT2D eigenvalue weighted by Crippen LogP contribution is -2.63. The predicted octanol–water partition coefficient (Wildman–Crippen LogP) is 1.11. The molecule has 0 unspecified atom stereocenters. The molecule has 1 saturated carbocycles. The number of barbiturate groups is 1. The van der Waals surface area contributed by atoms with Crippen LogP contribution in [-0.2, 0) is 9.59 Å². The van der Waals surface area contributed by atoms with Crippen molar-refractivity contribution in [2.45, 2.75) is 44.9 Å². The predicted molar refractivity (Wildman–Crippen MR) is 76.4 cm³/mol. The van der Waals surface area contributed by atoms with E-state index in [1.54, 1.807) is 0 Å². The SMILES string of the molecule is O=C1NC(=O)C2(CCCC2)C(=O)N1CCCN1CCCC1. The van der Waals surface area contributed by atoms with Crippen molar-refractivity contribution in [2.75, 3.05) is 26.2 Å². The molecule has 116 valence electrons. The summed E-state index contributed by atoms with van der Waals surface area (Å²) in [5.41, 5.74) is -0.957. The Kier molecular flexibility index (Phi) is 3.97. The number of urea groups is 1. The quantitative estimate of drug-likeness (QED) is 0.788. The van der Waals surface area contributed by atoms with Crippen LogP contribution in [0.4, 0.5) is 4.79 Å². The van der Waals surface area contributed by atoms with Gasteiger partial charge in [0, 0.05) is 6.54 Å². The molecule has 0 aromatic carbocycles. The second-order valence-corrected chi connectivity index (χ2v) is 6.41. The van der Waals surface area contributed by atoms with E-state index in [1.807, 2.05) is 0 Å². The minimum Gasteiger partial charge on any atom is -0.303 e. The van der Waals surface area contributed by atoms with Crippen LogP contribution in [0.1, 0.15) is 44.9 Å². The highest BCUT2D eigenvalue weighted by Crippen LogP contribution is 2.41. The first-order valence-corrected chi connectivity index (χ1v) is 8.03. The maximum Gasteiger partial charge on any atom is 0.330 e. The maximum absolute atomic E-state index is 12.6. The van der Waals surface area contributed by atoms with Crippen molar-refractivity contribution in [1.29, 1.82) is 0 Å². The topological polar surface area (TPSA) is 69.7 Å². The highest BCUT2D eigenvalue weighted by Gasteiger charge is 2.54. The zero-order valence-corrected chi connectivity index (χ0v) is 12.4. The van der Waals surface area contributed by atoms with Crippen LogP contribution < -0.4 is 5.32 Å². The monoisotopic (exact) mass is 293 g/mol. The van der Waals surface area contributed by atoms with Crippen LogP contribution in [0, 0.1) is 5.41 Å². The maximum atomic E-state index is 12.6. The minimum atomic E-state index is -0.957. The van der Waals surface area contributed by atoms with Gasteiger partial charge in [-0.15, -0.1) is 0 Å². The second kappa shape index (κ2) is 5.75. The molecular formula is C15H23N3O3. The lowest BCUT2D eigenvalue weighted by molar-refractivity contribution is -0.151. The Morgan fingerprint density at radius 2 is 1.62 bits per heavy atom. The van der Waals surface area contributed by atoms with Gasteiger partial charge in [0.1, 0.15) is 5.41 Å². The molecular weight excluding hydrogens is 270 g/mol. The molecule has 0 bridgehead atoms. The molecule has 2 saturated heterocycles. The van der Waals surface area contributed by atoms with Gasteiger partial charge in [-0.05, 0) is 51.7 Å². The number of hydrogen-bond donors (Lipinski definition) is 1. The number of nitrogens with zero attached hydrogens (tertiary/aromatic N) is 2. The van der Waals surface area contributed by atoms with Gasteiger partial charge in [0.15, 0.2) is 0 Å². The number of amides is 4. The van der Waals surface area contributed by atoms with Crippen LogP contribution in [0.5, 0.6) is 0 Å². The van der Waals surface area contributed by atoms with E-state index < -0.39 is 11.4 Å². The van der Waals surface area contributed by atoms with Gasteiger partial charge in [0.25, 0.3) is 0 Å². The Balaban J connectivity index is 1.61. The van der Waals surface area contributed by atoms with Crippen LogP contribution >= 0.6 is 0 Å². The average Bonchev–Trinajstić information content (AvgIpc) is 3.13. The zero-order chi connectivity index (χ0) is 14.9. The van der Waals surface area contributed by atoms with Crippen LogP contribution in [0.25, 0.3) is 0 Å². The van der Waals surface area contributed by atoms with E-state index in [-0.39, 0.29) is 11.8 Å². The Bertz CT molecular complexity index is 451. The molecule has 1 aliphatic carbocycles. The van der Waals surface area contributed by atoms with Gasteiger partial charge in [0.05, 0.1) is 0 Å². The Morgan fingerprint density at radius 3 is 2.29 bits per heavy atom. The molecule has 6 heteroatoms. The summed E-state index contributed by atoms with van der Waals surface area (Å²) in [5.74, 6) is -0.652. The number of carbonyl (C=O) groups is 3. The molecule has 3 aliphatic rings. The van der Waals surface area contributed by atoms with Gasteiger partial charge in [0.2, 0.25) is 11.8 Å². The second-order valence-electron chi connectivity index (χ2n) is 6.41. The number of carbonyl (C=O) groups excluding carboxylic acids is 3. The molecule has 2 aliphatic heterocycles. The van der Waals surface area contributed by atoms with Gasteiger partial charge in [-0.1, -0.05) is 12.8 Å². The van der Waals surface area contributed by atoms with Gasteiger partial charge < -0.3 is 4.90 Å². The van der Waals surface area contributed by atoms with Gasteiger partial charge in [-0.2, -0.15) is 0 Å². The normalized spacial score (nSPS) is 25.9. The van der Waals surface area contributed by atoms with Gasteiger partial charge >= 0.3 is 6.03 Å². The number of imide groups is 2. The molecule has 0 aromatic heterocycles. The van der Waals surface area contributed by atoms with Crippen molar-refractivity contribution in [3.8, 4) is 0 Å². The average molecular weight is 293 g/mol. The molecule has 21 heavy (non-hydrogen) atoms. The summed E-state index contributed by atoms with van der Waals surface area (Å²) in [7, 11) is 0. The van der Waals surface area contributed by atoms with E-state index in [0.29, 0.717) is 19.4 Å². The molecule has 2 heterocycles. The summed E-state index contributed by atoms with van der Waals surface area (Å²) in [6.07, 6.45) is 6.18. The van der Waals surface area contributed by atoms with E-state index in [0.717, 1.165) is 38.9 Å². The zero-order valence-electron chi connectivity index (χ0n) is 12.4. The molecule has 0 aromatic rings. The highest BCUT2D eigenvalue weighted by molar-refractivity contribution is 6.19. The van der Waals surface area contributed by atoms with Crippen LogP contribution in [0.3, 0.4) is 0 Å². The third-order valence-electron chi connectivity index (χ3n) is 5.07. The molecule has 1 N–H and O–H groups in total. The molecule has 6 nitrogen and oxygen atoms in total. The van der Waals surface area contributed by atoms with Crippen LogP contribution in [-0.4, -0.2) is 53.8 Å². The molecule has 1 spiro atoms. The number of hydrogen-bond acceptors (Lipinski definition) is 4. The first-order valence-electron chi connectivity index (χ1n) is 8.03. The molecule has 0 atom stereocenters. The minimum absolute atomic E-state index is 0.268. The molecule has 3 rings (SSSR count). The third-order valence-corrected chi connectivity index (χ3v) is 5.07. The fourth-order valence-electron chi connectivity index (χ4n) is 3.81. The smallest absolute Gasteiger partial charge is 0.303 e. The Labute approximate surface area is 124 Å². The lowest BCUT2D eigenvalue weighted by atomic mass is 9.82. The first kappa shape index (κ1) is 14.5. The fourth-order valence-corrected chi connectivity index (χ4v) is 3.81. The lowest BCUT2D eigenvalue weighted by Gasteiger charge is -2.37. The summed E-state index contributed by atoms with van der Waals surface area (Å²) in [4.78, 5) is 40.3. The highest BCUT2D eigenvalue weighted by atomic mass is 16.2. The Morgan fingerprint density at radius 1 is 0.952 bits per heavy atom. The van der Waals surface area contributed by atoms with Crippen molar-refractivity contribution in [2.24, 2.45) is 5.41 Å². The summed E-state index contributed by atoms with van der Waals surface area (Å²) in [6, 6.07) is -0.538. The summed E-state index contributed by atoms with van der Waals surface area (Å²) < 4.78 is 0. The van der Waals surface area contributed by atoms with Gasteiger partial charge in [-0.25, -0.2) is 4.79 Å². The number of nitrogens with one attached hydrogen (secondary N) is 1. The molecule has 0 radical (unpaired) electrons. The standard InChI is InChI=1S/C15H23N3O3/c19-12-15(6-1-2-7-15)13(20)18(14(21)16-12)11-5-10-17-8-3-4-9-17/h1-11H2,(H,16,19,21). The van der Waals surface area contributed by atoms with Crippen molar-refractivity contribution in [1.82, 2.24) is 15.1 Å². The van der Waals surface area contributed by atoms with Crippen LogP contribution in [0.2, 0.25) is 0 Å². The van der Waals surface area contributed by atoms with Gasteiger partial charge in [-0.3, -0.25) is 19.8 Å². The Hall–Kier alpha value is -1.43. The van der Waals surface area contributed by atoms with E-state index in [2.05, 4.69) is 10.2 Å². The van der Waals surface area contributed by atoms with E-state index in [1.165, 1.54) is 17.7 Å². The fraction of sp³-hybridized carbons (Fsp3) is 0.800. The molecule has 3 fully saturated rings. The van der Waals surface area contributed by atoms with Crippen LogP contribution in [0.15, 0.2) is 0 Å². The third kappa shape index (κ3) is 2.57. The largest absolute Gasteiger partial charge is 0.330 e. The molecule has 4 amide bonds. The van der Waals surface area contributed by atoms with Crippen molar-refractivity contribution >= 4 is 17.8 Å². The van der Waals surface area contributed by atoms with Crippen molar-refractivity contribution in [3.05, 3.63) is 0 Å². The first-order chi connectivity index (χ1) is 10.1. The summed E-state index contributed by atoms with van der Waals surface area (Å²) >= 11 is 0. The number of rotatable bonds is 4. The van der Waals surface area contributed by atoms with E-state index >= 15 is 0 Å². The number of likely N-dealkylation sites (tertiary alicyclic amines) is 1. The van der Waals surface area contributed by atoms with Crippen molar-refractivity contribution in [3.63, 3.8) is 0 Å².